The van der Waals surface area contributed by atoms with Gasteiger partial charge in [-0.15, -0.1) is 0 Å². The molecule has 19 heavy (non-hydrogen) atoms. The van der Waals surface area contributed by atoms with Crippen LogP contribution >= 0.6 is 11.6 Å². The summed E-state index contributed by atoms with van der Waals surface area (Å²) < 4.78 is 0. The number of halogens is 1. The summed E-state index contributed by atoms with van der Waals surface area (Å²) in [6.45, 7) is 4.60. The van der Waals surface area contributed by atoms with E-state index in [1.165, 1.54) is 11.1 Å². The van der Waals surface area contributed by atoms with Crippen LogP contribution in [-0.4, -0.2) is 47.5 Å². The number of anilines is 2. The van der Waals surface area contributed by atoms with Gasteiger partial charge in [0.2, 0.25) is 11.9 Å². The van der Waals surface area contributed by atoms with Gasteiger partial charge in [0.25, 0.3) is 0 Å². The maximum atomic E-state index is 11.8. The first-order valence-electron chi connectivity index (χ1n) is 6.19. The van der Waals surface area contributed by atoms with Crippen molar-refractivity contribution in [2.75, 3.05) is 31.3 Å². The molecular weight excluding hydrogens is 266 g/mol. The summed E-state index contributed by atoms with van der Waals surface area (Å²) in [5, 5.41) is 6.45. The number of carbonyl (C=O) groups is 1. The number of aromatic nitrogens is 2. The molecule has 0 aliphatic heterocycles. The van der Waals surface area contributed by atoms with Crippen molar-refractivity contribution in [2.24, 2.45) is 0 Å². The van der Waals surface area contributed by atoms with Crippen LogP contribution in [-0.2, 0) is 4.79 Å². The fourth-order valence-corrected chi connectivity index (χ4v) is 1.59. The van der Waals surface area contributed by atoms with Gasteiger partial charge in [-0.05, 0) is 13.3 Å². The highest BCUT2D eigenvalue weighted by Gasteiger charge is 2.16. The third kappa shape index (κ3) is 4.55. The molecule has 1 aromatic heterocycles. The van der Waals surface area contributed by atoms with Crippen LogP contribution in [0.1, 0.15) is 20.3 Å². The van der Waals surface area contributed by atoms with Crippen LogP contribution in [0.15, 0.2) is 6.20 Å². The number of nitrogens with zero attached hydrogens (tertiary/aromatic N) is 3. The minimum atomic E-state index is -0.401. The normalized spacial score (nSPS) is 11.8. The van der Waals surface area contributed by atoms with Crippen molar-refractivity contribution in [2.45, 2.75) is 26.3 Å². The number of hydrogen-bond donors (Lipinski definition) is 2. The molecule has 0 aliphatic carbocycles. The summed E-state index contributed by atoms with van der Waals surface area (Å²) in [4.78, 5) is 21.6. The maximum absolute atomic E-state index is 11.8. The Morgan fingerprint density at radius 3 is 2.79 bits per heavy atom. The summed E-state index contributed by atoms with van der Waals surface area (Å²) in [6.07, 6.45) is 2.49. The van der Waals surface area contributed by atoms with E-state index in [9.17, 15) is 4.79 Å². The molecule has 106 valence electrons. The molecule has 1 aromatic rings. The van der Waals surface area contributed by atoms with Crippen molar-refractivity contribution in [3.8, 4) is 0 Å². The predicted octanol–water partition coefficient (Wildman–Crippen LogP) is 1.84. The van der Waals surface area contributed by atoms with Crippen molar-refractivity contribution in [1.29, 1.82) is 0 Å². The van der Waals surface area contributed by atoms with E-state index in [0.29, 0.717) is 16.8 Å². The summed E-state index contributed by atoms with van der Waals surface area (Å²) in [5.41, 5.74) is 0. The van der Waals surface area contributed by atoms with Gasteiger partial charge >= 0.3 is 0 Å². The van der Waals surface area contributed by atoms with Gasteiger partial charge < -0.3 is 15.5 Å². The van der Waals surface area contributed by atoms with Gasteiger partial charge in [0.1, 0.15) is 11.1 Å². The molecular formula is C12H20ClN5O. The Morgan fingerprint density at radius 1 is 1.53 bits per heavy atom. The molecule has 0 aliphatic rings. The zero-order chi connectivity index (χ0) is 14.4. The van der Waals surface area contributed by atoms with Crippen molar-refractivity contribution >= 4 is 29.3 Å². The molecule has 1 amide bonds. The lowest BCUT2D eigenvalue weighted by Crippen LogP contribution is -2.37. The second-order valence-electron chi connectivity index (χ2n) is 4.42. The van der Waals surface area contributed by atoms with Gasteiger partial charge in [-0.1, -0.05) is 18.5 Å². The van der Waals surface area contributed by atoms with Gasteiger partial charge in [-0.3, -0.25) is 4.79 Å². The Kier molecular flexibility index (Phi) is 5.82. The van der Waals surface area contributed by atoms with Crippen molar-refractivity contribution in [1.82, 2.24) is 14.9 Å². The summed E-state index contributed by atoms with van der Waals surface area (Å²) in [7, 11) is 3.41. The highest BCUT2D eigenvalue weighted by Crippen LogP contribution is 2.20. The smallest absolute Gasteiger partial charge is 0.244 e. The van der Waals surface area contributed by atoms with Gasteiger partial charge in [0.05, 0.1) is 6.20 Å². The summed E-state index contributed by atoms with van der Waals surface area (Å²) >= 11 is 6.02. The molecule has 2 N–H and O–H groups in total. The lowest BCUT2D eigenvalue weighted by molar-refractivity contribution is -0.129. The van der Waals surface area contributed by atoms with Gasteiger partial charge in [0, 0.05) is 20.6 Å². The van der Waals surface area contributed by atoms with E-state index in [1.807, 2.05) is 0 Å². The Bertz CT molecular complexity index is 438. The maximum Gasteiger partial charge on any atom is 0.244 e. The first-order valence-corrected chi connectivity index (χ1v) is 6.57. The quantitative estimate of drug-likeness (QED) is 0.835. The molecule has 0 spiro atoms. The second-order valence-corrected chi connectivity index (χ2v) is 4.82. The van der Waals surface area contributed by atoms with Crippen LogP contribution in [0.4, 0.5) is 11.8 Å². The fraction of sp³-hybridized carbons (Fsp3) is 0.583. The second kappa shape index (κ2) is 7.13. The Labute approximate surface area is 118 Å². The van der Waals surface area contributed by atoms with Crippen LogP contribution in [0.5, 0.6) is 0 Å². The topological polar surface area (TPSA) is 70.2 Å². The number of amides is 1. The average molecular weight is 286 g/mol. The lowest BCUT2D eigenvalue weighted by Gasteiger charge is -2.19. The van der Waals surface area contributed by atoms with Crippen LogP contribution in [0.25, 0.3) is 0 Å². The van der Waals surface area contributed by atoms with Crippen LogP contribution in [0.3, 0.4) is 0 Å². The minimum absolute atomic E-state index is 0.0438. The van der Waals surface area contributed by atoms with E-state index in [-0.39, 0.29) is 5.91 Å². The van der Waals surface area contributed by atoms with Gasteiger partial charge in [-0.25, -0.2) is 4.98 Å². The van der Waals surface area contributed by atoms with E-state index < -0.39 is 6.04 Å². The van der Waals surface area contributed by atoms with Crippen molar-refractivity contribution in [3.05, 3.63) is 11.2 Å². The summed E-state index contributed by atoms with van der Waals surface area (Å²) in [6, 6.07) is -0.401. The van der Waals surface area contributed by atoms with E-state index in [4.69, 9.17) is 11.6 Å². The van der Waals surface area contributed by atoms with Gasteiger partial charge in [-0.2, -0.15) is 4.98 Å². The zero-order valence-electron chi connectivity index (χ0n) is 11.7. The highest BCUT2D eigenvalue weighted by molar-refractivity contribution is 6.32. The Hall–Kier alpha value is -1.56. The molecule has 0 radical (unpaired) electrons. The molecule has 1 rings (SSSR count). The van der Waals surface area contributed by atoms with Gasteiger partial charge in [0.15, 0.2) is 5.82 Å². The molecule has 0 bridgehead atoms. The number of likely N-dealkylation sites (N-methyl/N-ethyl adjacent to an activating group) is 1. The van der Waals surface area contributed by atoms with E-state index in [0.717, 1.165) is 13.0 Å². The lowest BCUT2D eigenvalue weighted by atomic mass is 10.3. The highest BCUT2D eigenvalue weighted by atomic mass is 35.5. The molecule has 0 aromatic carbocycles. The van der Waals surface area contributed by atoms with Crippen LogP contribution < -0.4 is 10.6 Å². The molecule has 1 heterocycles. The zero-order valence-corrected chi connectivity index (χ0v) is 12.5. The number of nitrogens with one attached hydrogen (secondary N) is 2. The minimum Gasteiger partial charge on any atom is -0.357 e. The van der Waals surface area contributed by atoms with Crippen molar-refractivity contribution in [3.63, 3.8) is 0 Å². The molecule has 7 heteroatoms. The largest absolute Gasteiger partial charge is 0.357 e. The Balaban J connectivity index is 2.79. The summed E-state index contributed by atoms with van der Waals surface area (Å²) in [5.74, 6) is 0.911. The third-order valence-electron chi connectivity index (χ3n) is 2.44. The van der Waals surface area contributed by atoms with E-state index in [2.05, 4.69) is 27.5 Å². The van der Waals surface area contributed by atoms with E-state index >= 15 is 0 Å². The number of carbonyl (C=O) groups excluding carboxylic acids is 1. The molecule has 1 atom stereocenters. The van der Waals surface area contributed by atoms with Crippen LogP contribution in [0, 0.1) is 0 Å². The number of rotatable bonds is 6. The molecule has 1 unspecified atom stereocenters. The molecule has 0 saturated carbocycles. The Morgan fingerprint density at radius 2 is 2.21 bits per heavy atom. The standard InChI is InChI=1S/C12H20ClN5O/c1-5-6-14-12-15-7-9(13)10(17-12)16-8(2)11(19)18(3)4/h7-8H,5-6H2,1-4H3,(H2,14,15,16,17). The number of hydrogen-bond acceptors (Lipinski definition) is 5. The average Bonchev–Trinajstić information content (AvgIpc) is 2.38. The molecule has 0 fully saturated rings. The molecule has 6 nitrogen and oxygen atoms in total. The molecule has 0 saturated heterocycles. The fourth-order valence-electron chi connectivity index (χ4n) is 1.44. The van der Waals surface area contributed by atoms with Crippen LogP contribution in [0.2, 0.25) is 5.02 Å². The monoisotopic (exact) mass is 285 g/mol. The van der Waals surface area contributed by atoms with Crippen molar-refractivity contribution < 1.29 is 4.79 Å². The SMILES string of the molecule is CCCNc1ncc(Cl)c(NC(C)C(=O)N(C)C)n1. The first-order chi connectivity index (χ1) is 8.95. The first kappa shape index (κ1) is 15.5. The predicted molar refractivity (Wildman–Crippen MR) is 77.6 cm³/mol. The van der Waals surface area contributed by atoms with E-state index in [1.54, 1.807) is 21.0 Å². The third-order valence-corrected chi connectivity index (χ3v) is 2.72.